The molecule has 7 nitrogen and oxygen atoms in total. The molecular formula is C19H18ClNO6S. The van der Waals surface area contributed by atoms with E-state index in [0.29, 0.717) is 34.2 Å². The first-order valence-corrected chi connectivity index (χ1v) is 9.64. The van der Waals surface area contributed by atoms with Crippen molar-refractivity contribution in [2.45, 2.75) is 18.8 Å². The number of benzene rings is 1. The summed E-state index contributed by atoms with van der Waals surface area (Å²) in [6.07, 6.45) is 1.18. The molecule has 1 aliphatic carbocycles. The Labute approximate surface area is 170 Å². The second-order valence-corrected chi connectivity index (χ2v) is 7.58. The number of halogens is 1. The largest absolute Gasteiger partial charge is 0.484 e. The molecule has 9 heteroatoms. The number of ether oxygens (including phenoxy) is 3. The van der Waals surface area contributed by atoms with E-state index in [1.807, 2.05) is 0 Å². The quantitative estimate of drug-likeness (QED) is 0.716. The maximum atomic E-state index is 12.3. The lowest BCUT2D eigenvalue weighted by atomic mass is 9.99. The van der Waals surface area contributed by atoms with Crippen molar-refractivity contribution in [3.8, 4) is 5.75 Å². The molecule has 1 aromatic heterocycles. The van der Waals surface area contributed by atoms with E-state index < -0.39 is 23.8 Å². The molecule has 0 bridgehead atoms. The van der Waals surface area contributed by atoms with Crippen LogP contribution in [0.15, 0.2) is 24.3 Å². The van der Waals surface area contributed by atoms with Crippen LogP contribution in [-0.4, -0.2) is 38.7 Å². The van der Waals surface area contributed by atoms with Crippen molar-refractivity contribution in [2.24, 2.45) is 0 Å². The molecule has 0 unspecified atom stereocenters. The smallest absolute Gasteiger partial charge is 0.341 e. The van der Waals surface area contributed by atoms with Gasteiger partial charge in [-0.1, -0.05) is 17.7 Å². The second-order valence-electron chi connectivity index (χ2n) is 6.04. The zero-order valence-corrected chi connectivity index (χ0v) is 16.8. The maximum absolute atomic E-state index is 12.3. The maximum Gasteiger partial charge on any atom is 0.341 e. The molecule has 1 aliphatic rings. The summed E-state index contributed by atoms with van der Waals surface area (Å²) in [7, 11) is 2.56. The van der Waals surface area contributed by atoms with E-state index in [9.17, 15) is 14.4 Å². The highest BCUT2D eigenvalue weighted by molar-refractivity contribution is 7.17. The Kier molecular flexibility index (Phi) is 6.21. The summed E-state index contributed by atoms with van der Waals surface area (Å²) in [6.45, 7) is -0.260. The molecule has 0 spiro atoms. The Balaban J connectivity index is 1.79. The third-order valence-electron chi connectivity index (χ3n) is 4.32. The zero-order valence-electron chi connectivity index (χ0n) is 15.2. The molecule has 148 valence electrons. The first-order chi connectivity index (χ1) is 13.4. The van der Waals surface area contributed by atoms with Crippen LogP contribution in [0, 0.1) is 0 Å². The van der Waals surface area contributed by atoms with Crippen molar-refractivity contribution in [3.63, 3.8) is 0 Å². The van der Waals surface area contributed by atoms with Crippen LogP contribution in [0.5, 0.6) is 5.75 Å². The molecule has 0 saturated carbocycles. The van der Waals surface area contributed by atoms with Gasteiger partial charge >= 0.3 is 11.9 Å². The summed E-state index contributed by atoms with van der Waals surface area (Å²) in [5, 5.41) is 3.52. The minimum absolute atomic E-state index is 0.200. The van der Waals surface area contributed by atoms with Crippen LogP contribution < -0.4 is 10.1 Å². The Bertz CT molecular complexity index is 925. The molecule has 2 aromatic rings. The molecule has 1 aromatic carbocycles. The third kappa shape index (κ3) is 4.13. The minimum Gasteiger partial charge on any atom is -0.484 e. The number of nitrogens with one attached hydrogen (secondary N) is 1. The summed E-state index contributed by atoms with van der Waals surface area (Å²) in [4.78, 5) is 37.6. The van der Waals surface area contributed by atoms with E-state index in [1.165, 1.54) is 25.6 Å². The van der Waals surface area contributed by atoms with Gasteiger partial charge in [-0.25, -0.2) is 4.79 Å². The normalized spacial score (nSPS) is 14.9. The lowest BCUT2D eigenvalue weighted by Gasteiger charge is -2.12. The van der Waals surface area contributed by atoms with E-state index in [1.54, 1.807) is 24.3 Å². The Morgan fingerprint density at radius 1 is 1.25 bits per heavy atom. The molecule has 1 N–H and O–H groups in total. The molecule has 1 amide bonds. The number of hydrogen-bond donors (Lipinski definition) is 1. The zero-order chi connectivity index (χ0) is 20.3. The number of esters is 2. The van der Waals surface area contributed by atoms with Crippen LogP contribution in [0.2, 0.25) is 5.02 Å². The number of hydrogen-bond acceptors (Lipinski definition) is 7. The van der Waals surface area contributed by atoms with Gasteiger partial charge in [0.05, 0.1) is 25.7 Å². The van der Waals surface area contributed by atoms with E-state index in [2.05, 4.69) is 5.32 Å². The SMILES string of the molecule is COC(=O)c1c(NC(=O)COc2cccc(Cl)c2)sc2c1[C@H](C(=O)OC)CC2. The van der Waals surface area contributed by atoms with Crippen molar-refractivity contribution in [3.05, 3.63) is 45.3 Å². The average Bonchev–Trinajstić information content (AvgIpc) is 3.24. The first-order valence-electron chi connectivity index (χ1n) is 8.44. The first kappa shape index (κ1) is 20.2. The fraction of sp³-hybridized carbons (Fsp3) is 0.316. The van der Waals surface area contributed by atoms with Crippen molar-refractivity contribution in [2.75, 3.05) is 26.1 Å². The van der Waals surface area contributed by atoms with Crippen LogP contribution in [0.4, 0.5) is 5.00 Å². The number of carbonyl (C=O) groups is 3. The average molecular weight is 424 g/mol. The molecule has 0 fully saturated rings. The number of thiophene rings is 1. The van der Waals surface area contributed by atoms with E-state index >= 15 is 0 Å². The predicted octanol–water partition coefficient (Wildman–Crippen LogP) is 3.41. The predicted molar refractivity (Wildman–Crippen MR) is 104 cm³/mol. The van der Waals surface area contributed by atoms with Gasteiger partial charge in [0.25, 0.3) is 5.91 Å². The van der Waals surface area contributed by atoms with Crippen molar-refractivity contribution >= 4 is 45.8 Å². The van der Waals surface area contributed by atoms with Crippen molar-refractivity contribution in [1.82, 2.24) is 0 Å². The summed E-state index contributed by atoms with van der Waals surface area (Å²) in [6, 6.07) is 6.68. The number of fused-ring (bicyclic) bond motifs is 1. The number of methoxy groups -OCH3 is 2. The number of rotatable bonds is 6. The highest BCUT2D eigenvalue weighted by atomic mass is 35.5. The Morgan fingerprint density at radius 3 is 2.71 bits per heavy atom. The molecule has 0 aliphatic heterocycles. The third-order valence-corrected chi connectivity index (χ3v) is 5.74. The number of anilines is 1. The highest BCUT2D eigenvalue weighted by Crippen LogP contribution is 2.45. The number of carbonyl (C=O) groups excluding carboxylic acids is 3. The molecule has 1 heterocycles. The van der Waals surface area contributed by atoms with Crippen LogP contribution in [0.25, 0.3) is 0 Å². The van der Waals surface area contributed by atoms with Crippen LogP contribution >= 0.6 is 22.9 Å². The highest BCUT2D eigenvalue weighted by Gasteiger charge is 2.38. The van der Waals surface area contributed by atoms with E-state index in [0.717, 1.165) is 4.88 Å². The lowest BCUT2D eigenvalue weighted by Crippen LogP contribution is -2.22. The summed E-state index contributed by atoms with van der Waals surface area (Å²) in [5.74, 6) is -1.56. The van der Waals surface area contributed by atoms with Crippen molar-refractivity contribution in [1.29, 1.82) is 0 Å². The topological polar surface area (TPSA) is 90.9 Å². The van der Waals surface area contributed by atoms with Crippen LogP contribution in [0.1, 0.15) is 33.1 Å². The molecule has 0 saturated heterocycles. The number of aryl methyl sites for hydroxylation is 1. The number of amides is 1. The molecule has 3 rings (SSSR count). The fourth-order valence-corrected chi connectivity index (χ4v) is 4.57. The van der Waals surface area contributed by atoms with Crippen molar-refractivity contribution < 1.29 is 28.6 Å². The fourth-order valence-electron chi connectivity index (χ4n) is 3.10. The summed E-state index contributed by atoms with van der Waals surface area (Å²) in [5.41, 5.74) is 0.779. The van der Waals surface area contributed by atoms with Gasteiger partial charge in [0.1, 0.15) is 10.8 Å². The Morgan fingerprint density at radius 2 is 2.04 bits per heavy atom. The van der Waals surface area contributed by atoms with Gasteiger partial charge in [0.15, 0.2) is 6.61 Å². The van der Waals surface area contributed by atoms with Gasteiger partial charge < -0.3 is 19.5 Å². The second kappa shape index (κ2) is 8.62. The monoisotopic (exact) mass is 423 g/mol. The minimum atomic E-state index is -0.612. The van der Waals surface area contributed by atoms with Gasteiger partial charge in [-0.3, -0.25) is 9.59 Å². The summed E-state index contributed by atoms with van der Waals surface area (Å²) >= 11 is 7.15. The molecular weight excluding hydrogens is 406 g/mol. The summed E-state index contributed by atoms with van der Waals surface area (Å²) < 4.78 is 15.1. The van der Waals surface area contributed by atoms with E-state index in [4.69, 9.17) is 25.8 Å². The van der Waals surface area contributed by atoms with Gasteiger partial charge in [0.2, 0.25) is 0 Å². The lowest BCUT2D eigenvalue weighted by molar-refractivity contribution is -0.142. The van der Waals surface area contributed by atoms with Crippen LogP contribution in [-0.2, 0) is 25.5 Å². The molecule has 28 heavy (non-hydrogen) atoms. The van der Waals surface area contributed by atoms with Gasteiger partial charge in [0, 0.05) is 9.90 Å². The van der Waals surface area contributed by atoms with Gasteiger partial charge in [-0.15, -0.1) is 11.3 Å². The van der Waals surface area contributed by atoms with Gasteiger partial charge in [-0.05, 0) is 36.6 Å². The molecule has 0 radical (unpaired) electrons. The molecule has 1 atom stereocenters. The van der Waals surface area contributed by atoms with E-state index in [-0.39, 0.29) is 12.2 Å². The van der Waals surface area contributed by atoms with Crippen LogP contribution in [0.3, 0.4) is 0 Å². The standard InChI is InChI=1S/C19H18ClNO6S/c1-25-18(23)12-6-7-13-15(12)16(19(24)26-2)17(28-13)21-14(22)9-27-11-5-3-4-10(20)8-11/h3-5,8,12H,6-7,9H2,1-2H3,(H,21,22)/t12-/m1/s1. The van der Waals surface area contributed by atoms with Gasteiger partial charge in [-0.2, -0.15) is 0 Å². The Hall–Kier alpha value is -2.58.